The highest BCUT2D eigenvalue weighted by Crippen LogP contribution is 2.27. The minimum absolute atomic E-state index is 0.227. The number of nitrogens with zero attached hydrogens (tertiary/aromatic N) is 1. The third-order valence-corrected chi connectivity index (χ3v) is 2.75. The third kappa shape index (κ3) is 3.71. The van der Waals surface area contributed by atoms with Crippen molar-refractivity contribution in [3.8, 4) is 5.75 Å². The summed E-state index contributed by atoms with van der Waals surface area (Å²) in [6.45, 7) is 0. The Morgan fingerprint density at radius 2 is 1.80 bits per heavy atom. The van der Waals surface area contributed by atoms with Crippen LogP contribution in [0.5, 0.6) is 5.75 Å². The zero-order chi connectivity index (χ0) is 14.6. The van der Waals surface area contributed by atoms with Gasteiger partial charge in [0.25, 0.3) is 0 Å². The van der Waals surface area contributed by atoms with Crippen LogP contribution in [-0.2, 0) is 0 Å². The normalized spacial score (nSPS) is 13.0. The quantitative estimate of drug-likeness (QED) is 0.934. The highest BCUT2D eigenvalue weighted by Gasteiger charge is 2.31. The maximum Gasteiger partial charge on any atom is 0.573 e. The number of ether oxygens (including phenoxy) is 1. The van der Waals surface area contributed by atoms with Gasteiger partial charge in [0.15, 0.2) is 0 Å². The molecule has 0 fully saturated rings. The Morgan fingerprint density at radius 1 is 1.10 bits per heavy atom. The summed E-state index contributed by atoms with van der Waals surface area (Å²) < 4.78 is 40.6. The van der Waals surface area contributed by atoms with Gasteiger partial charge in [-0.2, -0.15) is 0 Å². The molecule has 0 bridgehead atoms. The average molecular weight is 282 g/mol. The molecule has 1 atom stereocenters. The monoisotopic (exact) mass is 282 g/mol. The predicted octanol–water partition coefficient (Wildman–Crippen LogP) is 3.29. The summed E-state index contributed by atoms with van der Waals surface area (Å²) in [7, 11) is 1.74. The van der Waals surface area contributed by atoms with Gasteiger partial charge in [0, 0.05) is 12.4 Å². The van der Waals surface area contributed by atoms with Crippen LogP contribution in [-0.4, -0.2) is 18.4 Å². The Balaban J connectivity index is 2.29. The van der Waals surface area contributed by atoms with Crippen molar-refractivity contribution in [3.63, 3.8) is 0 Å². The molecular weight excluding hydrogens is 269 g/mol. The van der Waals surface area contributed by atoms with Gasteiger partial charge < -0.3 is 10.1 Å². The molecule has 0 aliphatic carbocycles. The molecule has 20 heavy (non-hydrogen) atoms. The molecule has 2 aromatic rings. The van der Waals surface area contributed by atoms with E-state index in [1.807, 2.05) is 0 Å². The molecule has 0 radical (unpaired) electrons. The van der Waals surface area contributed by atoms with E-state index >= 15 is 0 Å². The summed E-state index contributed by atoms with van der Waals surface area (Å²) in [5, 5.41) is 3.06. The number of benzene rings is 1. The first-order valence-electron chi connectivity index (χ1n) is 5.92. The van der Waals surface area contributed by atoms with Gasteiger partial charge in [0.2, 0.25) is 0 Å². The van der Waals surface area contributed by atoms with E-state index in [9.17, 15) is 13.2 Å². The van der Waals surface area contributed by atoms with Gasteiger partial charge >= 0.3 is 6.36 Å². The second kappa shape index (κ2) is 5.92. The molecule has 0 aliphatic rings. The van der Waals surface area contributed by atoms with E-state index in [0.717, 1.165) is 5.56 Å². The lowest BCUT2D eigenvalue weighted by Crippen LogP contribution is -2.19. The summed E-state index contributed by atoms with van der Waals surface area (Å²) in [5.41, 5.74) is 1.59. The Labute approximate surface area is 114 Å². The third-order valence-electron chi connectivity index (χ3n) is 2.75. The number of alkyl halides is 3. The summed E-state index contributed by atoms with van der Waals surface area (Å²) >= 11 is 0. The van der Waals surface area contributed by atoms with Crippen molar-refractivity contribution in [1.29, 1.82) is 0 Å². The SMILES string of the molecule is CNC(c1ccncc1)c1cccc(OC(F)(F)F)c1. The van der Waals surface area contributed by atoms with Crippen LogP contribution in [0.2, 0.25) is 0 Å². The van der Waals surface area contributed by atoms with Crippen LogP contribution in [0.25, 0.3) is 0 Å². The molecule has 1 aromatic carbocycles. The molecule has 3 nitrogen and oxygen atoms in total. The number of aromatic nitrogens is 1. The fourth-order valence-corrected chi connectivity index (χ4v) is 1.97. The fraction of sp³-hybridized carbons (Fsp3) is 0.214. The van der Waals surface area contributed by atoms with E-state index in [1.54, 1.807) is 37.6 Å². The van der Waals surface area contributed by atoms with E-state index in [4.69, 9.17) is 0 Å². The Hall–Kier alpha value is -2.08. The van der Waals surface area contributed by atoms with Crippen LogP contribution in [0.1, 0.15) is 17.2 Å². The zero-order valence-corrected chi connectivity index (χ0v) is 10.7. The molecule has 6 heteroatoms. The topological polar surface area (TPSA) is 34.2 Å². The molecule has 0 spiro atoms. The molecule has 2 rings (SSSR count). The Morgan fingerprint density at radius 3 is 2.40 bits per heavy atom. The lowest BCUT2D eigenvalue weighted by atomic mass is 10.00. The average Bonchev–Trinajstić information content (AvgIpc) is 2.39. The molecule has 0 saturated heterocycles. The zero-order valence-electron chi connectivity index (χ0n) is 10.7. The van der Waals surface area contributed by atoms with Crippen LogP contribution >= 0.6 is 0 Å². The van der Waals surface area contributed by atoms with E-state index in [2.05, 4.69) is 15.0 Å². The molecule has 1 aromatic heterocycles. The molecule has 1 heterocycles. The van der Waals surface area contributed by atoms with Crippen molar-refractivity contribution >= 4 is 0 Å². The predicted molar refractivity (Wildman–Crippen MR) is 68.3 cm³/mol. The molecular formula is C14H13F3N2O. The maximum absolute atomic E-state index is 12.2. The van der Waals surface area contributed by atoms with Crippen LogP contribution in [0, 0.1) is 0 Å². The van der Waals surface area contributed by atoms with Gasteiger partial charge in [-0.05, 0) is 42.4 Å². The van der Waals surface area contributed by atoms with Crippen molar-refractivity contribution in [2.75, 3.05) is 7.05 Å². The second-order valence-corrected chi connectivity index (χ2v) is 4.12. The van der Waals surface area contributed by atoms with E-state index < -0.39 is 6.36 Å². The van der Waals surface area contributed by atoms with Crippen molar-refractivity contribution in [2.45, 2.75) is 12.4 Å². The van der Waals surface area contributed by atoms with E-state index in [1.165, 1.54) is 18.2 Å². The fourth-order valence-electron chi connectivity index (χ4n) is 1.97. The smallest absolute Gasteiger partial charge is 0.406 e. The number of rotatable bonds is 4. The molecule has 0 saturated carbocycles. The van der Waals surface area contributed by atoms with Crippen molar-refractivity contribution in [1.82, 2.24) is 10.3 Å². The number of hydrogen-bond acceptors (Lipinski definition) is 3. The maximum atomic E-state index is 12.2. The largest absolute Gasteiger partial charge is 0.573 e. The minimum Gasteiger partial charge on any atom is -0.406 e. The number of halogens is 3. The molecule has 1 N–H and O–H groups in total. The summed E-state index contributed by atoms with van der Waals surface area (Å²) in [4.78, 5) is 3.92. The number of pyridine rings is 1. The first-order valence-corrected chi connectivity index (χ1v) is 5.92. The van der Waals surface area contributed by atoms with Gasteiger partial charge in [-0.1, -0.05) is 12.1 Å². The van der Waals surface area contributed by atoms with Gasteiger partial charge in [-0.3, -0.25) is 4.98 Å². The van der Waals surface area contributed by atoms with Crippen molar-refractivity contribution < 1.29 is 17.9 Å². The number of hydrogen-bond donors (Lipinski definition) is 1. The molecule has 106 valence electrons. The minimum atomic E-state index is -4.69. The van der Waals surface area contributed by atoms with Crippen LogP contribution in [0.15, 0.2) is 48.8 Å². The van der Waals surface area contributed by atoms with Crippen molar-refractivity contribution in [3.05, 3.63) is 59.9 Å². The molecule has 0 aliphatic heterocycles. The van der Waals surface area contributed by atoms with Crippen LogP contribution in [0.4, 0.5) is 13.2 Å². The molecule has 0 amide bonds. The first-order chi connectivity index (χ1) is 9.49. The van der Waals surface area contributed by atoms with Crippen LogP contribution in [0.3, 0.4) is 0 Å². The molecule has 1 unspecified atom stereocenters. The van der Waals surface area contributed by atoms with Crippen LogP contribution < -0.4 is 10.1 Å². The van der Waals surface area contributed by atoms with E-state index in [0.29, 0.717) is 5.56 Å². The first kappa shape index (κ1) is 14.3. The van der Waals surface area contributed by atoms with Gasteiger partial charge in [0.05, 0.1) is 6.04 Å². The van der Waals surface area contributed by atoms with E-state index in [-0.39, 0.29) is 11.8 Å². The summed E-state index contributed by atoms with van der Waals surface area (Å²) in [6, 6.07) is 9.30. The Kier molecular flexibility index (Phi) is 4.24. The standard InChI is InChI=1S/C14H13F3N2O/c1-18-13(10-5-7-19-8-6-10)11-3-2-4-12(9-11)20-14(15,16)17/h2-9,13,18H,1H3. The second-order valence-electron chi connectivity index (χ2n) is 4.12. The van der Waals surface area contributed by atoms with Gasteiger partial charge in [-0.15, -0.1) is 13.2 Å². The highest BCUT2D eigenvalue weighted by molar-refractivity contribution is 5.36. The number of nitrogens with one attached hydrogen (secondary N) is 1. The van der Waals surface area contributed by atoms with Gasteiger partial charge in [0.1, 0.15) is 5.75 Å². The van der Waals surface area contributed by atoms with Gasteiger partial charge in [-0.25, -0.2) is 0 Å². The lowest BCUT2D eigenvalue weighted by Gasteiger charge is -2.18. The lowest BCUT2D eigenvalue weighted by molar-refractivity contribution is -0.274. The Bertz CT molecular complexity index is 558. The summed E-state index contributed by atoms with van der Waals surface area (Å²) in [6.07, 6.45) is -1.42. The highest BCUT2D eigenvalue weighted by atomic mass is 19.4. The van der Waals surface area contributed by atoms with Crippen molar-refractivity contribution in [2.24, 2.45) is 0 Å². The summed E-state index contributed by atoms with van der Waals surface area (Å²) in [5.74, 6) is -0.232.